The molecule has 3 aromatic rings. The summed E-state index contributed by atoms with van der Waals surface area (Å²) in [5.41, 5.74) is -0.758. The molecule has 0 saturated carbocycles. The lowest BCUT2D eigenvalue weighted by Gasteiger charge is -2.38. The molecule has 0 bridgehead atoms. The summed E-state index contributed by atoms with van der Waals surface area (Å²) >= 11 is 0. The summed E-state index contributed by atoms with van der Waals surface area (Å²) < 4.78 is 35.0. The normalized spacial score (nSPS) is 17.0. The molecule has 9 heteroatoms. The number of ether oxygens (including phenoxy) is 1. The molecule has 2 aromatic carbocycles. The average molecular weight is 469 g/mol. The van der Waals surface area contributed by atoms with Crippen molar-refractivity contribution in [1.29, 1.82) is 0 Å². The number of carbonyl (C=O) groups excluding carboxylic acids is 1. The first-order valence-electron chi connectivity index (χ1n) is 11.1. The summed E-state index contributed by atoms with van der Waals surface area (Å²) in [6, 6.07) is 12.6. The van der Waals surface area contributed by atoms with Crippen molar-refractivity contribution in [2.75, 3.05) is 19.6 Å². The van der Waals surface area contributed by atoms with Gasteiger partial charge in [0.15, 0.2) is 0 Å². The lowest BCUT2D eigenvalue weighted by molar-refractivity contribution is -0.145. The number of aliphatic hydroxyl groups is 1. The molecule has 0 amide bonds. The molecule has 4 rings (SSSR count). The Kier molecular flexibility index (Phi) is 7.44. The van der Waals surface area contributed by atoms with Crippen molar-refractivity contribution in [2.45, 2.75) is 31.1 Å². The van der Waals surface area contributed by atoms with Crippen LogP contribution in [0.2, 0.25) is 0 Å². The Balaban J connectivity index is 1.37. The summed E-state index contributed by atoms with van der Waals surface area (Å²) in [5.74, 6) is -1.94. The predicted molar refractivity (Wildman–Crippen MR) is 121 cm³/mol. The van der Waals surface area contributed by atoms with Crippen molar-refractivity contribution >= 4 is 12.0 Å². The highest BCUT2D eigenvalue weighted by molar-refractivity contribution is 5.87. The number of esters is 1. The number of halogens is 2. The molecule has 1 atom stereocenters. The van der Waals surface area contributed by atoms with Crippen molar-refractivity contribution in [3.8, 4) is 0 Å². The van der Waals surface area contributed by atoms with E-state index in [1.165, 1.54) is 29.5 Å². The Bertz CT molecular complexity index is 1120. The van der Waals surface area contributed by atoms with Crippen LogP contribution in [0.1, 0.15) is 24.0 Å². The Morgan fingerprint density at radius 3 is 2.59 bits per heavy atom. The number of aromatic nitrogens is 3. The number of hydrogen-bond acceptors (Lipinski definition) is 6. The summed E-state index contributed by atoms with van der Waals surface area (Å²) in [6.45, 7) is 1.14. The summed E-state index contributed by atoms with van der Waals surface area (Å²) in [5, 5.41) is 15.5. The van der Waals surface area contributed by atoms with Gasteiger partial charge in [-0.15, -0.1) is 0 Å². The van der Waals surface area contributed by atoms with Gasteiger partial charge >= 0.3 is 5.97 Å². The van der Waals surface area contributed by atoms with Gasteiger partial charge in [0.2, 0.25) is 0 Å². The van der Waals surface area contributed by atoms with Crippen molar-refractivity contribution in [3.05, 3.63) is 90.0 Å². The van der Waals surface area contributed by atoms with Crippen LogP contribution in [0.25, 0.3) is 6.08 Å². The van der Waals surface area contributed by atoms with Gasteiger partial charge in [-0.3, -0.25) is 4.90 Å². The molecule has 0 radical (unpaired) electrons. The van der Waals surface area contributed by atoms with Crippen LogP contribution in [0.5, 0.6) is 0 Å². The van der Waals surface area contributed by atoms with Gasteiger partial charge in [-0.2, -0.15) is 5.10 Å². The average Bonchev–Trinajstić information content (AvgIpc) is 3.32. The van der Waals surface area contributed by atoms with Gasteiger partial charge in [-0.05, 0) is 30.5 Å². The van der Waals surface area contributed by atoms with E-state index in [9.17, 15) is 18.7 Å². The molecular weight excluding hydrogens is 442 g/mol. The molecule has 1 N–H and O–H groups in total. The van der Waals surface area contributed by atoms with Crippen LogP contribution in [0, 0.1) is 11.6 Å². The fourth-order valence-electron chi connectivity index (χ4n) is 4.16. The third-order valence-corrected chi connectivity index (χ3v) is 5.84. The van der Waals surface area contributed by atoms with E-state index in [-0.39, 0.29) is 24.8 Å². The molecular formula is C25H26F2N4O3. The zero-order valence-electron chi connectivity index (χ0n) is 18.6. The van der Waals surface area contributed by atoms with E-state index in [0.717, 1.165) is 17.7 Å². The molecule has 1 aliphatic rings. The number of piperidine rings is 1. The van der Waals surface area contributed by atoms with Crippen molar-refractivity contribution in [2.24, 2.45) is 0 Å². The molecule has 34 heavy (non-hydrogen) atoms. The molecule has 1 aliphatic heterocycles. The topological polar surface area (TPSA) is 80.5 Å². The van der Waals surface area contributed by atoms with Gasteiger partial charge in [0.05, 0.1) is 6.54 Å². The second-order valence-corrected chi connectivity index (χ2v) is 8.41. The monoisotopic (exact) mass is 468 g/mol. The molecule has 2 heterocycles. The van der Waals surface area contributed by atoms with Gasteiger partial charge in [0.25, 0.3) is 0 Å². The van der Waals surface area contributed by atoms with E-state index in [1.807, 2.05) is 35.2 Å². The maximum absolute atomic E-state index is 14.6. The lowest BCUT2D eigenvalue weighted by atomic mass is 9.91. The minimum atomic E-state index is -1.66. The fourth-order valence-corrected chi connectivity index (χ4v) is 4.16. The number of nitrogens with zero attached hydrogens (tertiary/aromatic N) is 4. The largest absolute Gasteiger partial charge is 0.459 e. The van der Waals surface area contributed by atoms with Gasteiger partial charge in [-0.1, -0.05) is 36.4 Å². The Labute approximate surface area is 196 Å². The second-order valence-electron chi connectivity index (χ2n) is 8.41. The van der Waals surface area contributed by atoms with E-state index >= 15 is 0 Å². The number of carbonyl (C=O) groups is 1. The van der Waals surface area contributed by atoms with Crippen molar-refractivity contribution in [1.82, 2.24) is 19.7 Å². The fraction of sp³-hybridized carbons (Fsp3) is 0.320. The third kappa shape index (κ3) is 6.12. The number of likely N-dealkylation sites (tertiary alicyclic amines) is 1. The molecule has 1 aromatic heterocycles. The Morgan fingerprint density at radius 2 is 1.91 bits per heavy atom. The van der Waals surface area contributed by atoms with E-state index in [1.54, 1.807) is 6.08 Å². The molecule has 1 unspecified atom stereocenters. The maximum Gasteiger partial charge on any atom is 0.331 e. The van der Waals surface area contributed by atoms with Crippen LogP contribution in [0.3, 0.4) is 0 Å². The van der Waals surface area contributed by atoms with Crippen LogP contribution < -0.4 is 0 Å². The van der Waals surface area contributed by atoms with Crippen molar-refractivity contribution < 1.29 is 23.4 Å². The highest BCUT2D eigenvalue weighted by Crippen LogP contribution is 2.29. The highest BCUT2D eigenvalue weighted by Gasteiger charge is 2.37. The van der Waals surface area contributed by atoms with Gasteiger partial charge in [0, 0.05) is 37.3 Å². The van der Waals surface area contributed by atoms with E-state index in [2.05, 4.69) is 10.1 Å². The first kappa shape index (κ1) is 23.7. The van der Waals surface area contributed by atoms with Gasteiger partial charge in [0.1, 0.15) is 36.0 Å². The molecule has 7 nitrogen and oxygen atoms in total. The van der Waals surface area contributed by atoms with Crippen LogP contribution in [0.4, 0.5) is 8.78 Å². The zero-order chi connectivity index (χ0) is 24.0. The second kappa shape index (κ2) is 10.7. The van der Waals surface area contributed by atoms with Crippen LogP contribution >= 0.6 is 0 Å². The molecule has 178 valence electrons. The maximum atomic E-state index is 14.6. The number of rotatable bonds is 8. The summed E-state index contributed by atoms with van der Waals surface area (Å²) in [4.78, 5) is 18.0. The van der Waals surface area contributed by atoms with Crippen LogP contribution in [-0.2, 0) is 21.7 Å². The smallest absolute Gasteiger partial charge is 0.331 e. The van der Waals surface area contributed by atoms with Crippen LogP contribution in [0.15, 0.2) is 67.3 Å². The van der Waals surface area contributed by atoms with Crippen molar-refractivity contribution in [3.63, 3.8) is 0 Å². The van der Waals surface area contributed by atoms with Crippen LogP contribution in [-0.4, -0.2) is 56.5 Å². The Morgan fingerprint density at radius 1 is 1.15 bits per heavy atom. The quantitative estimate of drug-likeness (QED) is 0.404. The summed E-state index contributed by atoms with van der Waals surface area (Å²) in [6.07, 6.45) is 6.80. The van der Waals surface area contributed by atoms with E-state index in [4.69, 9.17) is 4.74 Å². The zero-order valence-corrected chi connectivity index (χ0v) is 18.6. The predicted octanol–water partition coefficient (Wildman–Crippen LogP) is 3.17. The molecule has 1 saturated heterocycles. The first-order valence-corrected chi connectivity index (χ1v) is 11.1. The Hall–Kier alpha value is -3.43. The standard InChI is InChI=1S/C25H26F2N4O3/c26-20-7-8-22(23(27)14-20)25(33,16-31-18-28-17-29-31)15-30-12-10-21(11-13-30)34-24(32)9-6-19-4-2-1-3-5-19/h1-9,14,17-18,21,33H,10-13,15-16H2/b9-6+. The molecule has 1 fully saturated rings. The first-order chi connectivity index (χ1) is 16.4. The van der Waals surface area contributed by atoms with E-state index in [0.29, 0.717) is 25.9 Å². The van der Waals surface area contributed by atoms with E-state index < -0.39 is 23.2 Å². The van der Waals surface area contributed by atoms with Gasteiger partial charge < -0.3 is 9.84 Å². The molecule has 0 spiro atoms. The lowest BCUT2D eigenvalue weighted by Crippen LogP contribution is -2.48. The van der Waals surface area contributed by atoms with Gasteiger partial charge in [-0.25, -0.2) is 23.2 Å². The SMILES string of the molecule is O=C(/C=C/c1ccccc1)OC1CCN(CC(O)(Cn2cncn2)c2ccc(F)cc2F)CC1. The minimum absolute atomic E-state index is 0.0102. The molecule has 0 aliphatic carbocycles. The number of β-amino-alcohol motifs (C(OH)–C–C–N with tert-alkyl or cyclic N) is 1. The summed E-state index contributed by atoms with van der Waals surface area (Å²) in [7, 11) is 0. The number of hydrogen-bond donors (Lipinski definition) is 1. The number of benzene rings is 2. The third-order valence-electron chi connectivity index (χ3n) is 5.84. The highest BCUT2D eigenvalue weighted by atomic mass is 19.1. The minimum Gasteiger partial charge on any atom is -0.459 e.